The summed E-state index contributed by atoms with van der Waals surface area (Å²) in [7, 11) is 1.79. The van der Waals surface area contributed by atoms with Crippen molar-refractivity contribution in [2.45, 2.75) is 42.7 Å². The first-order chi connectivity index (χ1) is 23.6. The summed E-state index contributed by atoms with van der Waals surface area (Å²) in [5.74, 6) is -0.195. The summed E-state index contributed by atoms with van der Waals surface area (Å²) >= 11 is 0. The van der Waals surface area contributed by atoms with Gasteiger partial charge in [0.1, 0.15) is 22.1 Å². The van der Waals surface area contributed by atoms with E-state index in [2.05, 4.69) is 16.8 Å². The van der Waals surface area contributed by atoms with Crippen LogP contribution in [0.4, 0.5) is 10.5 Å². The Balaban J connectivity index is 1.44. The van der Waals surface area contributed by atoms with E-state index in [-0.39, 0.29) is 21.9 Å². The molecule has 49 heavy (non-hydrogen) atoms. The van der Waals surface area contributed by atoms with Crippen molar-refractivity contribution < 1.29 is 37.0 Å². The van der Waals surface area contributed by atoms with E-state index in [0.717, 1.165) is 35.8 Å². The number of benzene rings is 3. The molecule has 0 spiro atoms. The van der Waals surface area contributed by atoms with E-state index >= 15 is 4.79 Å². The van der Waals surface area contributed by atoms with Gasteiger partial charge in [0, 0.05) is 49.4 Å². The first-order valence-electron chi connectivity index (χ1n) is 16.6. The van der Waals surface area contributed by atoms with Crippen LogP contribution in [0.15, 0.2) is 65.6 Å². The number of methoxy groups -OCH3 is 3. The van der Waals surface area contributed by atoms with Gasteiger partial charge >= 0.3 is 6.09 Å². The summed E-state index contributed by atoms with van der Waals surface area (Å²) in [6.07, 6.45) is 1.95. The molecule has 6 rings (SSSR count). The molecule has 0 bridgehead atoms. The van der Waals surface area contributed by atoms with Crippen molar-refractivity contribution in [1.82, 2.24) is 14.7 Å². The van der Waals surface area contributed by atoms with Gasteiger partial charge in [-0.05, 0) is 75.3 Å². The Hall–Kier alpha value is -4.33. The Kier molecular flexibility index (Phi) is 9.79. The molecule has 1 unspecified atom stereocenters. The molecule has 13 heteroatoms. The molecule has 0 N–H and O–H groups in total. The molecular formula is C36H44N4O8S. The average molecular weight is 693 g/mol. The summed E-state index contributed by atoms with van der Waals surface area (Å²) in [5.41, 5.74) is -0.784. The number of fused-ring (bicyclic) bond motifs is 1. The predicted molar refractivity (Wildman–Crippen MR) is 184 cm³/mol. The van der Waals surface area contributed by atoms with Crippen LogP contribution in [0.25, 0.3) is 0 Å². The van der Waals surface area contributed by atoms with Gasteiger partial charge in [0.05, 0.1) is 27.0 Å². The zero-order chi connectivity index (χ0) is 34.9. The normalized spacial score (nSPS) is 20.6. The molecule has 2 saturated heterocycles. The third kappa shape index (κ3) is 6.08. The smallest absolute Gasteiger partial charge is 0.411 e. The van der Waals surface area contributed by atoms with Gasteiger partial charge in [0.25, 0.3) is 15.9 Å². The summed E-state index contributed by atoms with van der Waals surface area (Å²) < 4.78 is 52.7. The van der Waals surface area contributed by atoms with E-state index < -0.39 is 27.6 Å². The van der Waals surface area contributed by atoms with Crippen LogP contribution in [-0.2, 0) is 31.6 Å². The fraction of sp³-hybridized carbons (Fsp3) is 0.444. The van der Waals surface area contributed by atoms with Crippen LogP contribution in [0.1, 0.15) is 36.5 Å². The highest BCUT2D eigenvalue weighted by atomic mass is 32.2. The lowest BCUT2D eigenvalue weighted by atomic mass is 9.83. The first-order valence-corrected chi connectivity index (χ1v) is 18.0. The van der Waals surface area contributed by atoms with E-state index in [9.17, 15) is 13.2 Å². The second-order valence-electron chi connectivity index (χ2n) is 12.6. The van der Waals surface area contributed by atoms with Gasteiger partial charge < -0.3 is 28.7 Å². The molecule has 0 saturated carbocycles. The molecule has 0 aliphatic carbocycles. The molecule has 2 fully saturated rings. The minimum absolute atomic E-state index is 0.00635. The Morgan fingerprint density at radius 2 is 1.49 bits per heavy atom. The quantitative estimate of drug-likeness (QED) is 0.325. The van der Waals surface area contributed by atoms with Gasteiger partial charge in [-0.3, -0.25) is 9.69 Å². The van der Waals surface area contributed by atoms with E-state index in [1.807, 2.05) is 19.1 Å². The zero-order valence-electron chi connectivity index (χ0n) is 28.7. The fourth-order valence-electron chi connectivity index (χ4n) is 7.21. The lowest BCUT2D eigenvalue weighted by Crippen LogP contribution is -2.55. The standard InChI is InChI=1S/C36H44N4O8S/c1-6-25-9-7-8-10-29(25)36(48-35(42)39-21-19-38(20-22-39)26-15-17-37(2)18-16-26)30-23-27(45-3)11-13-31(30)40(34(36)41)49(43,44)33-14-12-28(46-4)24-32(33)47-5/h7-14,23-24,26H,6,15-22H2,1-5H3. The number of amides is 2. The molecular weight excluding hydrogens is 648 g/mol. The van der Waals surface area contributed by atoms with E-state index in [4.69, 9.17) is 18.9 Å². The number of nitrogens with zero attached hydrogens (tertiary/aromatic N) is 4. The lowest BCUT2D eigenvalue weighted by Gasteiger charge is -2.42. The molecule has 262 valence electrons. The summed E-state index contributed by atoms with van der Waals surface area (Å²) in [4.78, 5) is 35.5. The number of hydrogen-bond donors (Lipinski definition) is 0. The number of likely N-dealkylation sites (tertiary alicyclic amines) is 1. The van der Waals surface area contributed by atoms with E-state index in [1.54, 1.807) is 29.2 Å². The first kappa shape index (κ1) is 34.5. The molecule has 2 amide bonds. The monoisotopic (exact) mass is 692 g/mol. The summed E-state index contributed by atoms with van der Waals surface area (Å²) in [6, 6.07) is 16.5. The van der Waals surface area contributed by atoms with Crippen molar-refractivity contribution in [3.05, 3.63) is 77.4 Å². The molecule has 3 aliphatic heterocycles. The summed E-state index contributed by atoms with van der Waals surface area (Å²) in [6.45, 7) is 6.20. The summed E-state index contributed by atoms with van der Waals surface area (Å²) in [5, 5.41) is 0. The van der Waals surface area contributed by atoms with Crippen molar-refractivity contribution in [2.75, 3.05) is 72.0 Å². The van der Waals surface area contributed by atoms with E-state index in [0.29, 0.717) is 55.7 Å². The maximum atomic E-state index is 15.1. The SMILES string of the molecule is CCc1ccccc1C1(OC(=O)N2CCN(C3CCN(C)CC3)CC2)C(=O)N(S(=O)(=O)c2ccc(OC)cc2OC)c2ccc(OC)cc21. The van der Waals surface area contributed by atoms with Crippen LogP contribution < -0.4 is 18.5 Å². The van der Waals surface area contributed by atoms with Crippen molar-refractivity contribution in [1.29, 1.82) is 0 Å². The number of carbonyl (C=O) groups excluding carboxylic acids is 2. The highest BCUT2D eigenvalue weighted by Crippen LogP contribution is 2.52. The maximum Gasteiger partial charge on any atom is 0.411 e. The second-order valence-corrected chi connectivity index (χ2v) is 14.3. The van der Waals surface area contributed by atoms with Crippen molar-refractivity contribution in [2.24, 2.45) is 0 Å². The lowest BCUT2D eigenvalue weighted by molar-refractivity contribution is -0.132. The van der Waals surface area contributed by atoms with Crippen LogP contribution in [-0.4, -0.2) is 109 Å². The molecule has 3 aliphatic rings. The number of piperidine rings is 1. The number of rotatable bonds is 9. The third-order valence-electron chi connectivity index (χ3n) is 9.97. The van der Waals surface area contributed by atoms with Crippen LogP contribution in [0.2, 0.25) is 0 Å². The number of anilines is 1. The Labute approximate surface area is 288 Å². The van der Waals surface area contributed by atoms with E-state index in [1.165, 1.54) is 45.6 Å². The average Bonchev–Trinajstić information content (AvgIpc) is 3.38. The van der Waals surface area contributed by atoms with Gasteiger partial charge in [0.15, 0.2) is 0 Å². The molecule has 0 radical (unpaired) electrons. The molecule has 3 aromatic rings. The third-order valence-corrected chi connectivity index (χ3v) is 11.7. The molecule has 0 aromatic heterocycles. The van der Waals surface area contributed by atoms with Crippen LogP contribution in [0.3, 0.4) is 0 Å². The minimum atomic E-state index is -4.62. The number of piperazine rings is 1. The maximum absolute atomic E-state index is 15.1. The topological polar surface area (TPSA) is 118 Å². The molecule has 1 atom stereocenters. The number of ether oxygens (including phenoxy) is 4. The Morgan fingerprint density at radius 1 is 0.837 bits per heavy atom. The highest BCUT2D eigenvalue weighted by molar-refractivity contribution is 7.93. The predicted octanol–water partition coefficient (Wildman–Crippen LogP) is 4.10. The van der Waals surface area contributed by atoms with Gasteiger partial charge in [-0.15, -0.1) is 0 Å². The zero-order valence-corrected chi connectivity index (χ0v) is 29.5. The minimum Gasteiger partial charge on any atom is -0.497 e. The van der Waals surface area contributed by atoms with Crippen molar-refractivity contribution >= 4 is 27.7 Å². The van der Waals surface area contributed by atoms with Crippen LogP contribution >= 0.6 is 0 Å². The number of hydrogen-bond acceptors (Lipinski definition) is 10. The van der Waals surface area contributed by atoms with Gasteiger partial charge in [-0.25, -0.2) is 13.2 Å². The van der Waals surface area contributed by atoms with Crippen molar-refractivity contribution in [3.8, 4) is 17.2 Å². The van der Waals surface area contributed by atoms with Gasteiger partial charge in [-0.1, -0.05) is 31.2 Å². The van der Waals surface area contributed by atoms with Crippen LogP contribution in [0.5, 0.6) is 17.2 Å². The fourth-order valence-corrected chi connectivity index (χ4v) is 8.80. The molecule has 3 aromatic carbocycles. The largest absolute Gasteiger partial charge is 0.497 e. The van der Waals surface area contributed by atoms with Gasteiger partial charge in [-0.2, -0.15) is 4.31 Å². The van der Waals surface area contributed by atoms with Crippen LogP contribution in [0, 0.1) is 0 Å². The molecule has 12 nitrogen and oxygen atoms in total. The Bertz CT molecular complexity index is 1820. The molecule has 3 heterocycles. The van der Waals surface area contributed by atoms with Gasteiger partial charge in [0.2, 0.25) is 5.60 Å². The second kappa shape index (κ2) is 13.9. The number of sulfonamides is 1. The number of aryl methyl sites for hydroxylation is 1. The van der Waals surface area contributed by atoms with Crippen molar-refractivity contribution in [3.63, 3.8) is 0 Å². The Morgan fingerprint density at radius 3 is 2.14 bits per heavy atom. The number of carbonyl (C=O) groups is 2. The highest BCUT2D eigenvalue weighted by Gasteiger charge is 2.60.